The van der Waals surface area contributed by atoms with Gasteiger partial charge in [0.2, 0.25) is 0 Å². The van der Waals surface area contributed by atoms with E-state index in [-0.39, 0.29) is 17.0 Å². The van der Waals surface area contributed by atoms with Gasteiger partial charge in [0.25, 0.3) is 0 Å². The summed E-state index contributed by atoms with van der Waals surface area (Å²) in [7, 11) is 0. The Morgan fingerprint density at radius 1 is 0.963 bits per heavy atom. The van der Waals surface area contributed by atoms with Gasteiger partial charge in [0.05, 0.1) is 26.6 Å². The Bertz CT molecular complexity index is 1080. The van der Waals surface area contributed by atoms with Crippen molar-refractivity contribution >= 4 is 72.9 Å². The van der Waals surface area contributed by atoms with E-state index in [4.69, 9.17) is 16.6 Å². The van der Waals surface area contributed by atoms with E-state index in [0.29, 0.717) is 0 Å². The molecule has 0 aliphatic carbocycles. The third-order valence-corrected chi connectivity index (χ3v) is 6.62. The monoisotopic (exact) mass is 540 g/mol. The first kappa shape index (κ1) is 20.6. The summed E-state index contributed by atoms with van der Waals surface area (Å²) in [6.07, 6.45) is 0. The molecular formula is C20H15Br2ClN2S2. The lowest BCUT2D eigenvalue weighted by Crippen LogP contribution is -2.16. The van der Waals surface area contributed by atoms with Crippen molar-refractivity contribution in [3.05, 3.63) is 91.3 Å². The molecule has 0 saturated heterocycles. The smallest absolute Gasteiger partial charge is 0.190 e. The molecule has 0 unspecified atom stereocenters. The predicted molar refractivity (Wildman–Crippen MR) is 126 cm³/mol. The molecule has 0 saturated carbocycles. The van der Waals surface area contributed by atoms with Crippen LogP contribution in [0.15, 0.2) is 80.9 Å². The number of halogens is 3. The fourth-order valence-corrected chi connectivity index (χ4v) is 5.14. The molecule has 0 N–H and O–H groups in total. The molecule has 0 atom stereocenters. The predicted octanol–water partition coefficient (Wildman–Crippen LogP) is 7.55. The molecule has 7 heteroatoms. The number of nitrogens with zero attached hydrogens (tertiary/aromatic N) is 2. The fourth-order valence-electron chi connectivity index (χ4n) is 2.61. The van der Waals surface area contributed by atoms with Gasteiger partial charge >= 0.3 is 0 Å². The van der Waals surface area contributed by atoms with Gasteiger partial charge in [0.1, 0.15) is 0 Å². The molecule has 0 fully saturated rings. The van der Waals surface area contributed by atoms with Crippen molar-refractivity contribution in [2.45, 2.75) is 6.54 Å². The van der Waals surface area contributed by atoms with Crippen LogP contribution < -0.4 is 4.80 Å². The maximum Gasteiger partial charge on any atom is 0.190 e. The number of aromatic nitrogens is 1. The topological polar surface area (TPSA) is 17.3 Å². The molecule has 2 aromatic heterocycles. The van der Waals surface area contributed by atoms with Gasteiger partial charge in [-0.3, -0.25) is 0 Å². The maximum atomic E-state index is 5.99. The Hall–Kier alpha value is -1.18. The van der Waals surface area contributed by atoms with Crippen LogP contribution in [-0.2, 0) is 6.54 Å². The number of thiophene rings is 1. The maximum absolute atomic E-state index is 5.99. The summed E-state index contributed by atoms with van der Waals surface area (Å²) in [5.41, 5.74) is 3.33. The zero-order chi connectivity index (χ0) is 17.9. The summed E-state index contributed by atoms with van der Waals surface area (Å²) in [6.45, 7) is 0.779. The lowest BCUT2D eigenvalue weighted by Gasteiger charge is -2.08. The van der Waals surface area contributed by atoms with E-state index in [0.717, 1.165) is 25.8 Å². The van der Waals surface area contributed by atoms with E-state index in [2.05, 4.69) is 62.3 Å². The Morgan fingerprint density at radius 2 is 1.70 bits per heavy atom. The van der Waals surface area contributed by atoms with Crippen molar-refractivity contribution in [1.82, 2.24) is 4.57 Å². The van der Waals surface area contributed by atoms with E-state index < -0.39 is 0 Å². The first-order chi connectivity index (χ1) is 12.7. The lowest BCUT2D eigenvalue weighted by molar-refractivity contribution is 0.779. The minimum absolute atomic E-state index is 0. The molecule has 0 aliphatic heterocycles. The van der Waals surface area contributed by atoms with Crippen molar-refractivity contribution < 1.29 is 0 Å². The van der Waals surface area contributed by atoms with E-state index in [1.54, 1.807) is 22.7 Å². The SMILES string of the molecule is Br.Clc1ccc(N=c2scc(-c3ccc(Br)s3)n2Cc2ccccc2)cc1. The van der Waals surface area contributed by atoms with Gasteiger partial charge < -0.3 is 4.57 Å². The van der Waals surface area contributed by atoms with Crippen LogP contribution in [0, 0.1) is 0 Å². The third kappa shape index (κ3) is 5.00. The molecule has 0 radical (unpaired) electrons. The van der Waals surface area contributed by atoms with Crippen molar-refractivity contribution in [1.29, 1.82) is 0 Å². The molecule has 4 aromatic rings. The highest BCUT2D eigenvalue weighted by Gasteiger charge is 2.11. The minimum Gasteiger partial charge on any atom is -0.311 e. The molecule has 138 valence electrons. The number of hydrogen-bond acceptors (Lipinski definition) is 3. The van der Waals surface area contributed by atoms with Crippen LogP contribution in [-0.4, -0.2) is 4.57 Å². The van der Waals surface area contributed by atoms with Crippen LogP contribution in [0.2, 0.25) is 5.02 Å². The van der Waals surface area contributed by atoms with Crippen LogP contribution in [0.5, 0.6) is 0 Å². The van der Waals surface area contributed by atoms with Gasteiger partial charge in [0, 0.05) is 10.4 Å². The zero-order valence-electron chi connectivity index (χ0n) is 14.0. The Balaban J connectivity index is 0.00000210. The molecule has 2 aromatic carbocycles. The Kier molecular flexibility index (Phi) is 7.11. The molecule has 4 rings (SSSR count). The number of benzene rings is 2. The summed E-state index contributed by atoms with van der Waals surface area (Å²) < 4.78 is 3.40. The van der Waals surface area contributed by atoms with Gasteiger partial charge in [-0.1, -0.05) is 41.9 Å². The highest BCUT2D eigenvalue weighted by atomic mass is 79.9. The summed E-state index contributed by atoms with van der Waals surface area (Å²) in [5.74, 6) is 0. The van der Waals surface area contributed by atoms with Gasteiger partial charge in [-0.25, -0.2) is 4.99 Å². The van der Waals surface area contributed by atoms with Crippen molar-refractivity contribution in [3.63, 3.8) is 0 Å². The second kappa shape index (κ2) is 9.34. The highest BCUT2D eigenvalue weighted by molar-refractivity contribution is 9.11. The van der Waals surface area contributed by atoms with E-state index in [9.17, 15) is 0 Å². The van der Waals surface area contributed by atoms with Gasteiger partial charge in [-0.05, 0) is 57.9 Å². The van der Waals surface area contributed by atoms with Crippen LogP contribution in [0.4, 0.5) is 5.69 Å². The molecule has 0 aliphatic rings. The van der Waals surface area contributed by atoms with Gasteiger partial charge in [-0.15, -0.1) is 39.7 Å². The van der Waals surface area contributed by atoms with Crippen LogP contribution in [0.25, 0.3) is 10.6 Å². The molecule has 2 heterocycles. The van der Waals surface area contributed by atoms with Crippen molar-refractivity contribution in [3.8, 4) is 10.6 Å². The largest absolute Gasteiger partial charge is 0.311 e. The average molecular weight is 543 g/mol. The molecule has 0 amide bonds. The molecule has 0 spiro atoms. The van der Waals surface area contributed by atoms with E-state index in [1.165, 1.54) is 16.1 Å². The second-order valence-corrected chi connectivity index (χ2v) is 9.40. The number of thiazole rings is 1. The van der Waals surface area contributed by atoms with E-state index >= 15 is 0 Å². The zero-order valence-corrected chi connectivity index (χ0v) is 19.7. The number of rotatable bonds is 4. The third-order valence-electron chi connectivity index (χ3n) is 3.86. The van der Waals surface area contributed by atoms with Crippen LogP contribution in [0.1, 0.15) is 5.56 Å². The molecule has 0 bridgehead atoms. The first-order valence-corrected chi connectivity index (χ1v) is 10.8. The van der Waals surface area contributed by atoms with Crippen molar-refractivity contribution in [2.24, 2.45) is 4.99 Å². The summed E-state index contributed by atoms with van der Waals surface area (Å²) >= 11 is 12.9. The van der Waals surface area contributed by atoms with Crippen molar-refractivity contribution in [2.75, 3.05) is 0 Å². The normalized spacial score (nSPS) is 11.4. The van der Waals surface area contributed by atoms with Gasteiger partial charge in [0.15, 0.2) is 4.80 Å². The lowest BCUT2D eigenvalue weighted by atomic mass is 10.2. The average Bonchev–Trinajstić information content (AvgIpc) is 3.24. The highest BCUT2D eigenvalue weighted by Crippen LogP contribution is 2.32. The molecular weight excluding hydrogens is 528 g/mol. The second-order valence-electron chi connectivity index (χ2n) is 5.67. The summed E-state index contributed by atoms with van der Waals surface area (Å²) in [6, 6.07) is 22.3. The Morgan fingerprint density at radius 3 is 2.37 bits per heavy atom. The van der Waals surface area contributed by atoms with E-state index in [1.807, 2.05) is 30.3 Å². The van der Waals surface area contributed by atoms with Crippen LogP contribution >= 0.6 is 67.2 Å². The minimum atomic E-state index is 0. The molecule has 2 nitrogen and oxygen atoms in total. The Labute approximate surface area is 189 Å². The standard InChI is InChI=1S/C20H14BrClN2S2.BrH/c21-19-11-10-18(26-19)17-13-25-20(23-16-8-6-15(22)7-9-16)24(17)12-14-4-2-1-3-5-14;/h1-11,13H,12H2;1H. The first-order valence-electron chi connectivity index (χ1n) is 7.97. The molecule has 27 heavy (non-hydrogen) atoms. The van der Waals surface area contributed by atoms with Crippen LogP contribution in [0.3, 0.4) is 0 Å². The quantitative estimate of drug-likeness (QED) is 0.253. The number of hydrogen-bond donors (Lipinski definition) is 0. The van der Waals surface area contributed by atoms with Gasteiger partial charge in [-0.2, -0.15) is 0 Å². The summed E-state index contributed by atoms with van der Waals surface area (Å²) in [4.78, 5) is 7.04. The summed E-state index contributed by atoms with van der Waals surface area (Å²) in [5, 5.41) is 2.90. The fraction of sp³-hybridized carbons (Fsp3) is 0.0500.